The second-order valence-corrected chi connectivity index (χ2v) is 4.44. The van der Waals surface area contributed by atoms with Crippen molar-refractivity contribution in [3.05, 3.63) is 29.6 Å². The number of hydrogen-bond acceptors (Lipinski definition) is 3. The topological polar surface area (TPSA) is 35.5 Å². The molecule has 1 heterocycles. The summed E-state index contributed by atoms with van der Waals surface area (Å²) in [6.07, 6.45) is 3.30. The fourth-order valence-electron chi connectivity index (χ4n) is 2.20. The van der Waals surface area contributed by atoms with E-state index in [0.29, 0.717) is 24.2 Å². The van der Waals surface area contributed by atoms with Crippen molar-refractivity contribution >= 4 is 5.78 Å². The van der Waals surface area contributed by atoms with Gasteiger partial charge in [0.05, 0.1) is 18.8 Å². The average molecular weight is 252 g/mol. The predicted octanol–water partition coefficient (Wildman–Crippen LogP) is 2.98. The summed E-state index contributed by atoms with van der Waals surface area (Å²) in [5.74, 6) is -0.0909. The summed E-state index contributed by atoms with van der Waals surface area (Å²) in [5, 5.41) is 0. The molecule has 4 heteroatoms. The summed E-state index contributed by atoms with van der Waals surface area (Å²) in [6, 6.07) is 4.00. The molecule has 0 amide bonds. The Morgan fingerprint density at radius 1 is 1.56 bits per heavy atom. The van der Waals surface area contributed by atoms with Crippen LogP contribution >= 0.6 is 0 Å². The zero-order valence-electron chi connectivity index (χ0n) is 10.4. The quantitative estimate of drug-likeness (QED) is 0.756. The summed E-state index contributed by atoms with van der Waals surface area (Å²) in [5.41, 5.74) is 0.315. The lowest BCUT2D eigenvalue weighted by Gasteiger charge is -2.10. The second kappa shape index (κ2) is 5.96. The Morgan fingerprint density at radius 2 is 2.39 bits per heavy atom. The smallest absolute Gasteiger partial charge is 0.166 e. The largest absolute Gasteiger partial charge is 0.496 e. The van der Waals surface area contributed by atoms with Crippen molar-refractivity contribution in [1.29, 1.82) is 0 Å². The van der Waals surface area contributed by atoms with E-state index in [0.717, 1.165) is 19.4 Å². The summed E-state index contributed by atoms with van der Waals surface area (Å²) in [7, 11) is 1.48. The van der Waals surface area contributed by atoms with Gasteiger partial charge < -0.3 is 9.47 Å². The van der Waals surface area contributed by atoms with Crippen LogP contribution in [0, 0.1) is 5.82 Å². The molecule has 0 aromatic heterocycles. The first-order valence-electron chi connectivity index (χ1n) is 6.19. The minimum Gasteiger partial charge on any atom is -0.496 e. The highest BCUT2D eigenvalue weighted by Gasteiger charge is 2.19. The minimum absolute atomic E-state index is 0.0955. The molecule has 2 rings (SSSR count). The van der Waals surface area contributed by atoms with E-state index in [4.69, 9.17) is 9.47 Å². The van der Waals surface area contributed by atoms with E-state index in [2.05, 4.69) is 0 Å². The number of hydrogen-bond donors (Lipinski definition) is 0. The molecule has 0 bridgehead atoms. The first kappa shape index (κ1) is 13.0. The molecule has 1 aromatic carbocycles. The number of Topliss-reactive ketones (excluding diaryl/α,β-unsaturated/α-hetero) is 1. The van der Waals surface area contributed by atoms with Crippen LogP contribution in [-0.4, -0.2) is 25.6 Å². The van der Waals surface area contributed by atoms with Gasteiger partial charge in [0.15, 0.2) is 5.78 Å². The molecule has 0 spiro atoms. The van der Waals surface area contributed by atoms with Gasteiger partial charge in [-0.05, 0) is 37.5 Å². The molecule has 0 aliphatic carbocycles. The lowest BCUT2D eigenvalue weighted by atomic mass is 10.0. The van der Waals surface area contributed by atoms with Crippen LogP contribution in [0.1, 0.15) is 36.0 Å². The molecule has 1 aliphatic heterocycles. The van der Waals surface area contributed by atoms with E-state index >= 15 is 0 Å². The van der Waals surface area contributed by atoms with Crippen LogP contribution < -0.4 is 4.74 Å². The zero-order chi connectivity index (χ0) is 13.0. The first-order chi connectivity index (χ1) is 8.70. The lowest BCUT2D eigenvalue weighted by Crippen LogP contribution is -2.10. The van der Waals surface area contributed by atoms with E-state index < -0.39 is 5.82 Å². The van der Waals surface area contributed by atoms with Gasteiger partial charge in [0, 0.05) is 13.0 Å². The highest BCUT2D eigenvalue weighted by atomic mass is 19.1. The normalized spacial score (nSPS) is 18.9. The van der Waals surface area contributed by atoms with E-state index in [-0.39, 0.29) is 11.9 Å². The van der Waals surface area contributed by atoms with Crippen molar-refractivity contribution in [2.75, 3.05) is 13.7 Å². The molecular weight excluding hydrogens is 235 g/mol. The van der Waals surface area contributed by atoms with Crippen LogP contribution in [0.2, 0.25) is 0 Å². The maximum atomic E-state index is 13.2. The highest BCUT2D eigenvalue weighted by molar-refractivity contribution is 5.98. The zero-order valence-corrected chi connectivity index (χ0v) is 10.4. The van der Waals surface area contributed by atoms with Gasteiger partial charge in [-0.2, -0.15) is 0 Å². The van der Waals surface area contributed by atoms with Gasteiger partial charge in [0.1, 0.15) is 11.6 Å². The summed E-state index contributed by atoms with van der Waals surface area (Å²) in [4.78, 5) is 12.0. The summed E-state index contributed by atoms with van der Waals surface area (Å²) < 4.78 is 23.7. The van der Waals surface area contributed by atoms with Crippen molar-refractivity contribution in [1.82, 2.24) is 0 Å². The number of carbonyl (C=O) groups is 1. The molecule has 1 aromatic rings. The van der Waals surface area contributed by atoms with Crippen LogP contribution in [0.4, 0.5) is 4.39 Å². The fourth-order valence-corrected chi connectivity index (χ4v) is 2.20. The molecule has 1 aliphatic rings. The van der Waals surface area contributed by atoms with Crippen molar-refractivity contribution in [2.24, 2.45) is 0 Å². The van der Waals surface area contributed by atoms with Crippen molar-refractivity contribution in [2.45, 2.75) is 31.8 Å². The van der Waals surface area contributed by atoms with Crippen LogP contribution in [0.25, 0.3) is 0 Å². The molecule has 1 saturated heterocycles. The molecule has 3 nitrogen and oxygen atoms in total. The standard InChI is InChI=1S/C14H17FO3/c1-17-14-7-4-10(15)9-12(14)13(16)6-5-11-3-2-8-18-11/h4,7,9,11H,2-3,5-6,8H2,1H3. The fraction of sp³-hybridized carbons (Fsp3) is 0.500. The van der Waals surface area contributed by atoms with Gasteiger partial charge >= 0.3 is 0 Å². The van der Waals surface area contributed by atoms with E-state index in [9.17, 15) is 9.18 Å². The lowest BCUT2D eigenvalue weighted by molar-refractivity contribution is 0.0857. The molecule has 1 unspecified atom stereocenters. The Hall–Kier alpha value is -1.42. The van der Waals surface area contributed by atoms with Gasteiger partial charge in [-0.25, -0.2) is 4.39 Å². The van der Waals surface area contributed by atoms with Crippen LogP contribution in [0.5, 0.6) is 5.75 Å². The van der Waals surface area contributed by atoms with E-state index in [1.54, 1.807) is 0 Å². The minimum atomic E-state index is -0.420. The van der Waals surface area contributed by atoms with Crippen LogP contribution in [0.3, 0.4) is 0 Å². The molecule has 0 saturated carbocycles. The monoisotopic (exact) mass is 252 g/mol. The molecule has 18 heavy (non-hydrogen) atoms. The van der Waals surface area contributed by atoms with Gasteiger partial charge in [0.2, 0.25) is 0 Å². The molecular formula is C14H17FO3. The van der Waals surface area contributed by atoms with Gasteiger partial charge in [-0.1, -0.05) is 0 Å². The maximum Gasteiger partial charge on any atom is 0.166 e. The average Bonchev–Trinajstić information content (AvgIpc) is 2.89. The number of rotatable bonds is 5. The molecule has 1 atom stereocenters. The van der Waals surface area contributed by atoms with E-state index in [1.807, 2.05) is 0 Å². The van der Waals surface area contributed by atoms with Crippen molar-refractivity contribution < 1.29 is 18.7 Å². The molecule has 0 radical (unpaired) electrons. The Bertz CT molecular complexity index is 425. The Labute approximate surface area is 106 Å². The third-order valence-electron chi connectivity index (χ3n) is 3.18. The Morgan fingerprint density at radius 3 is 3.06 bits per heavy atom. The van der Waals surface area contributed by atoms with Gasteiger partial charge in [0.25, 0.3) is 0 Å². The first-order valence-corrected chi connectivity index (χ1v) is 6.19. The van der Waals surface area contributed by atoms with Crippen LogP contribution in [0.15, 0.2) is 18.2 Å². The molecule has 98 valence electrons. The van der Waals surface area contributed by atoms with Crippen LogP contribution in [-0.2, 0) is 4.74 Å². The van der Waals surface area contributed by atoms with Gasteiger partial charge in [-0.3, -0.25) is 4.79 Å². The summed E-state index contributed by atoms with van der Waals surface area (Å²) in [6.45, 7) is 0.780. The highest BCUT2D eigenvalue weighted by Crippen LogP contribution is 2.23. The maximum absolute atomic E-state index is 13.2. The Kier molecular flexibility index (Phi) is 4.31. The Balaban J connectivity index is 2.00. The third-order valence-corrected chi connectivity index (χ3v) is 3.18. The molecule has 1 fully saturated rings. The van der Waals surface area contributed by atoms with Crippen molar-refractivity contribution in [3.63, 3.8) is 0 Å². The third kappa shape index (κ3) is 3.07. The SMILES string of the molecule is COc1ccc(F)cc1C(=O)CCC1CCCO1. The summed E-state index contributed by atoms with van der Waals surface area (Å²) >= 11 is 0. The number of ketones is 1. The number of methoxy groups -OCH3 is 1. The van der Waals surface area contributed by atoms with Gasteiger partial charge in [-0.15, -0.1) is 0 Å². The van der Waals surface area contributed by atoms with E-state index in [1.165, 1.54) is 25.3 Å². The second-order valence-electron chi connectivity index (χ2n) is 4.44. The number of halogens is 1. The number of ether oxygens (including phenoxy) is 2. The number of benzene rings is 1. The predicted molar refractivity (Wildman–Crippen MR) is 65.5 cm³/mol. The number of carbonyl (C=O) groups excluding carboxylic acids is 1. The van der Waals surface area contributed by atoms with Crippen molar-refractivity contribution in [3.8, 4) is 5.75 Å². The molecule has 0 N–H and O–H groups in total.